The number of halogens is 5. The molecule has 0 aliphatic heterocycles. The van der Waals surface area contributed by atoms with Crippen molar-refractivity contribution in [2.75, 3.05) is 20.3 Å². The molecule has 45 heavy (non-hydrogen) atoms. The SMILES string of the molecule is CCOc1c(CC(N)=O)cc([C@@](O)(CNC(=O)c2cc(OC)c3nn(C(F)F)cc3c2)C2CC2)nc1-c1ccc(F)c(F)c1F. The van der Waals surface area contributed by atoms with Crippen molar-refractivity contribution in [1.29, 1.82) is 0 Å². The van der Waals surface area contributed by atoms with Crippen LogP contribution >= 0.6 is 0 Å². The summed E-state index contributed by atoms with van der Waals surface area (Å²) in [6.45, 7) is -1.71. The van der Waals surface area contributed by atoms with Gasteiger partial charge in [-0.2, -0.15) is 13.9 Å². The quantitative estimate of drug-likeness (QED) is 0.155. The summed E-state index contributed by atoms with van der Waals surface area (Å²) >= 11 is 0. The van der Waals surface area contributed by atoms with E-state index in [0.29, 0.717) is 23.6 Å². The highest BCUT2D eigenvalue weighted by atomic mass is 19.3. The van der Waals surface area contributed by atoms with Gasteiger partial charge in [-0.05, 0) is 56.0 Å². The largest absolute Gasteiger partial charge is 0.494 e. The summed E-state index contributed by atoms with van der Waals surface area (Å²) in [5.74, 6) is -6.73. The molecule has 10 nitrogen and oxygen atoms in total. The fourth-order valence-corrected chi connectivity index (χ4v) is 5.15. The van der Waals surface area contributed by atoms with Crippen LogP contribution < -0.4 is 20.5 Å². The Morgan fingerprint density at radius 3 is 2.53 bits per heavy atom. The number of methoxy groups -OCH3 is 1. The number of carbonyl (C=O) groups excluding carboxylic acids is 2. The summed E-state index contributed by atoms with van der Waals surface area (Å²) in [4.78, 5) is 29.7. The zero-order chi connectivity index (χ0) is 32.6. The predicted octanol–water partition coefficient (Wildman–Crippen LogP) is 4.37. The van der Waals surface area contributed by atoms with E-state index in [1.54, 1.807) is 6.92 Å². The number of aromatic nitrogens is 3. The van der Waals surface area contributed by atoms with Crippen molar-refractivity contribution in [3.05, 3.63) is 70.8 Å². The molecule has 0 spiro atoms. The maximum atomic E-state index is 15.0. The van der Waals surface area contributed by atoms with Gasteiger partial charge in [-0.15, -0.1) is 0 Å². The molecule has 4 aromatic rings. The van der Waals surface area contributed by atoms with Gasteiger partial charge in [0.05, 0.1) is 32.4 Å². The third kappa shape index (κ3) is 6.12. The van der Waals surface area contributed by atoms with E-state index in [1.807, 2.05) is 0 Å². The number of nitrogens with two attached hydrogens (primary N) is 1. The Kier molecular flexibility index (Phi) is 8.65. The Morgan fingerprint density at radius 1 is 1.18 bits per heavy atom. The molecule has 2 aromatic carbocycles. The second-order valence-electron chi connectivity index (χ2n) is 10.5. The topological polar surface area (TPSA) is 142 Å². The van der Waals surface area contributed by atoms with Gasteiger partial charge in [-0.1, -0.05) is 0 Å². The van der Waals surface area contributed by atoms with Gasteiger partial charge < -0.3 is 25.6 Å². The van der Waals surface area contributed by atoms with E-state index in [4.69, 9.17) is 15.2 Å². The monoisotopic (exact) mass is 633 g/mol. The summed E-state index contributed by atoms with van der Waals surface area (Å²) in [7, 11) is 1.29. The number of benzene rings is 2. The fourth-order valence-electron chi connectivity index (χ4n) is 5.15. The average molecular weight is 634 g/mol. The number of carbonyl (C=O) groups is 2. The number of fused-ring (bicyclic) bond motifs is 1. The molecule has 2 heterocycles. The number of nitrogens with one attached hydrogen (secondary N) is 1. The smallest absolute Gasteiger partial charge is 0.333 e. The number of rotatable bonds is 12. The molecule has 0 radical (unpaired) electrons. The molecule has 1 atom stereocenters. The van der Waals surface area contributed by atoms with Gasteiger partial charge in [-0.3, -0.25) is 9.59 Å². The molecule has 1 aliphatic carbocycles. The Hall–Kier alpha value is -4.79. The number of hydrogen-bond acceptors (Lipinski definition) is 7. The molecule has 2 amide bonds. The van der Waals surface area contributed by atoms with Gasteiger partial charge in [-0.25, -0.2) is 22.8 Å². The first-order valence-corrected chi connectivity index (χ1v) is 13.8. The maximum Gasteiger partial charge on any atom is 0.333 e. The number of hydrogen-bond donors (Lipinski definition) is 3. The number of nitrogens with zero attached hydrogens (tertiary/aromatic N) is 3. The first kappa shape index (κ1) is 31.6. The van der Waals surface area contributed by atoms with Crippen molar-refractivity contribution in [1.82, 2.24) is 20.1 Å². The number of ether oxygens (including phenoxy) is 2. The van der Waals surface area contributed by atoms with Gasteiger partial charge in [0, 0.05) is 28.3 Å². The molecule has 4 N–H and O–H groups in total. The Morgan fingerprint density at radius 2 is 1.91 bits per heavy atom. The molecule has 0 bridgehead atoms. The highest BCUT2D eigenvalue weighted by molar-refractivity contribution is 6.00. The molecule has 15 heteroatoms. The summed E-state index contributed by atoms with van der Waals surface area (Å²) in [6, 6.07) is 5.64. The van der Waals surface area contributed by atoms with E-state index in [-0.39, 0.29) is 51.5 Å². The number of pyridine rings is 1. The zero-order valence-electron chi connectivity index (χ0n) is 24.0. The van der Waals surface area contributed by atoms with Crippen LogP contribution in [0.2, 0.25) is 0 Å². The van der Waals surface area contributed by atoms with E-state index < -0.39 is 65.9 Å². The van der Waals surface area contributed by atoms with Crippen molar-refractivity contribution >= 4 is 22.7 Å². The van der Waals surface area contributed by atoms with Crippen LogP contribution in [-0.2, 0) is 16.8 Å². The summed E-state index contributed by atoms with van der Waals surface area (Å²) in [5.41, 5.74) is 2.90. The van der Waals surface area contributed by atoms with Crippen molar-refractivity contribution in [2.45, 2.75) is 38.3 Å². The van der Waals surface area contributed by atoms with Crippen LogP contribution in [0.15, 0.2) is 36.5 Å². The third-order valence-corrected chi connectivity index (χ3v) is 7.48. The average Bonchev–Trinajstić information content (AvgIpc) is 3.77. The molecular formula is C30H28F5N5O5. The van der Waals surface area contributed by atoms with Crippen molar-refractivity contribution in [3.63, 3.8) is 0 Å². The highest BCUT2D eigenvalue weighted by Gasteiger charge is 2.47. The summed E-state index contributed by atoms with van der Waals surface area (Å²) < 4.78 is 80.9. The highest BCUT2D eigenvalue weighted by Crippen LogP contribution is 2.47. The lowest BCUT2D eigenvalue weighted by atomic mass is 9.90. The zero-order valence-corrected chi connectivity index (χ0v) is 24.0. The van der Waals surface area contributed by atoms with Gasteiger partial charge in [0.1, 0.15) is 28.3 Å². The number of alkyl halides is 2. The van der Waals surface area contributed by atoms with Crippen molar-refractivity contribution in [2.24, 2.45) is 11.7 Å². The first-order chi connectivity index (χ1) is 21.4. The predicted molar refractivity (Wildman–Crippen MR) is 150 cm³/mol. The van der Waals surface area contributed by atoms with Crippen molar-refractivity contribution in [3.8, 4) is 22.8 Å². The maximum absolute atomic E-state index is 15.0. The standard InChI is InChI=1S/C30H28F5N5O5/c1-3-45-27-14(11-22(36)41)10-21(38-26(27)18-6-7-19(31)24(33)23(18)32)30(43,17-4-5-17)13-37-28(42)15-8-16-12-40(29(34)35)39-25(16)20(9-15)44-2/h6-10,12,17,29,43H,3-5,11,13H2,1-2H3,(H2,36,41)(H,37,42)/t30-/m1/s1. The second kappa shape index (κ2) is 12.3. The van der Waals surface area contributed by atoms with Gasteiger partial charge in [0.25, 0.3) is 5.91 Å². The van der Waals surface area contributed by atoms with Crippen LogP contribution in [0.4, 0.5) is 22.0 Å². The van der Waals surface area contributed by atoms with Crippen molar-refractivity contribution < 1.29 is 46.1 Å². The third-order valence-electron chi connectivity index (χ3n) is 7.48. The lowest BCUT2D eigenvalue weighted by Crippen LogP contribution is -2.43. The molecule has 2 aromatic heterocycles. The molecule has 238 valence electrons. The lowest BCUT2D eigenvalue weighted by Gasteiger charge is -2.30. The van der Waals surface area contributed by atoms with E-state index >= 15 is 4.39 Å². The van der Waals surface area contributed by atoms with E-state index in [9.17, 15) is 32.3 Å². The van der Waals surface area contributed by atoms with Gasteiger partial charge in [0.2, 0.25) is 5.91 Å². The minimum Gasteiger partial charge on any atom is -0.494 e. The van der Waals surface area contributed by atoms with Gasteiger partial charge >= 0.3 is 6.55 Å². The van der Waals surface area contributed by atoms with Crippen LogP contribution in [0.1, 0.15) is 47.9 Å². The fraction of sp³-hybridized carbons (Fsp3) is 0.333. The molecule has 0 unspecified atom stereocenters. The molecule has 1 aliphatic rings. The summed E-state index contributed by atoms with van der Waals surface area (Å²) in [6.07, 6.45) is 1.67. The van der Waals surface area contributed by atoms with Crippen LogP contribution in [0, 0.1) is 23.4 Å². The van der Waals surface area contributed by atoms with E-state index in [2.05, 4.69) is 15.4 Å². The number of aliphatic hydroxyl groups is 1. The molecule has 5 rings (SSSR count). The first-order valence-electron chi connectivity index (χ1n) is 13.8. The lowest BCUT2D eigenvalue weighted by molar-refractivity contribution is -0.117. The second-order valence-corrected chi connectivity index (χ2v) is 10.5. The molecule has 0 saturated heterocycles. The van der Waals surface area contributed by atoms with Crippen LogP contribution in [0.3, 0.4) is 0 Å². The van der Waals surface area contributed by atoms with Crippen LogP contribution in [-0.4, -0.2) is 51.9 Å². The Bertz CT molecular complexity index is 1800. The van der Waals surface area contributed by atoms with E-state index in [0.717, 1.165) is 12.3 Å². The normalized spacial score (nSPS) is 14.4. The molecular weight excluding hydrogens is 605 g/mol. The van der Waals surface area contributed by atoms with Crippen LogP contribution in [0.5, 0.6) is 11.5 Å². The minimum absolute atomic E-state index is 0.0185. The Balaban J connectivity index is 1.56. The number of amides is 2. The Labute approximate surface area is 252 Å². The summed E-state index contributed by atoms with van der Waals surface area (Å²) in [5, 5.41) is 18.6. The van der Waals surface area contributed by atoms with Crippen LogP contribution in [0.25, 0.3) is 22.2 Å². The van der Waals surface area contributed by atoms with E-state index in [1.165, 1.54) is 25.3 Å². The molecule has 1 fully saturated rings. The number of primary amides is 1. The van der Waals surface area contributed by atoms with Gasteiger partial charge in [0.15, 0.2) is 17.5 Å². The molecule has 1 saturated carbocycles. The minimum atomic E-state index is -2.92.